The molecule has 1 unspecified atom stereocenters. The lowest BCUT2D eigenvalue weighted by atomic mass is 9.92. The van der Waals surface area contributed by atoms with Crippen LogP contribution in [0.15, 0.2) is 78.4 Å². The topological polar surface area (TPSA) is 61.0 Å². The number of nitrogens with one attached hydrogen (secondary N) is 2. The molecular weight excluding hydrogens is 494 g/mol. The summed E-state index contributed by atoms with van der Waals surface area (Å²) in [6.07, 6.45) is 5.84. The predicted molar refractivity (Wildman–Crippen MR) is 151 cm³/mol. The SMILES string of the molecule is O=C1NCC(c2ccccc2)C1=Cc1ccc2c(/C=C/c3ccc(CN4CCC(F)(F)CC4)cc3)n[nH]c2c1. The second kappa shape index (κ2) is 10.6. The van der Waals surface area contributed by atoms with E-state index in [2.05, 4.69) is 44.7 Å². The van der Waals surface area contributed by atoms with Crippen LogP contribution < -0.4 is 5.32 Å². The fraction of sp³-hybridized carbons (Fsp3) is 0.250. The molecule has 0 aliphatic carbocycles. The van der Waals surface area contributed by atoms with Gasteiger partial charge in [-0.1, -0.05) is 66.7 Å². The Morgan fingerprint density at radius 3 is 2.46 bits per heavy atom. The van der Waals surface area contributed by atoms with Crippen LogP contribution in [0.4, 0.5) is 8.78 Å². The number of H-pyrrole nitrogens is 1. The highest BCUT2D eigenvalue weighted by molar-refractivity contribution is 6.02. The Hall–Kier alpha value is -4.10. The van der Waals surface area contributed by atoms with Crippen LogP contribution in [0.2, 0.25) is 0 Å². The minimum absolute atomic E-state index is 0.0272. The van der Waals surface area contributed by atoms with Crippen molar-refractivity contribution in [2.75, 3.05) is 19.6 Å². The number of halogens is 2. The smallest absolute Gasteiger partial charge is 0.250 e. The summed E-state index contributed by atoms with van der Waals surface area (Å²) < 4.78 is 26.8. The molecule has 0 bridgehead atoms. The van der Waals surface area contributed by atoms with E-state index in [9.17, 15) is 13.6 Å². The van der Waals surface area contributed by atoms with E-state index < -0.39 is 5.92 Å². The number of nitrogens with zero attached hydrogens (tertiary/aromatic N) is 2. The highest BCUT2D eigenvalue weighted by Gasteiger charge is 2.33. The zero-order valence-corrected chi connectivity index (χ0v) is 21.5. The number of piperidine rings is 1. The van der Waals surface area contributed by atoms with Gasteiger partial charge in [-0.25, -0.2) is 8.78 Å². The highest BCUT2D eigenvalue weighted by Crippen LogP contribution is 2.31. The van der Waals surface area contributed by atoms with E-state index in [1.54, 1.807) is 0 Å². The van der Waals surface area contributed by atoms with E-state index in [-0.39, 0.29) is 24.7 Å². The first kappa shape index (κ1) is 25.2. The Morgan fingerprint density at radius 2 is 1.69 bits per heavy atom. The van der Waals surface area contributed by atoms with Crippen LogP contribution in [0, 0.1) is 0 Å². The van der Waals surface area contributed by atoms with E-state index in [4.69, 9.17) is 0 Å². The number of amides is 1. The number of alkyl halides is 2. The van der Waals surface area contributed by atoms with Gasteiger partial charge in [0.2, 0.25) is 5.91 Å². The minimum atomic E-state index is -2.52. The molecule has 1 amide bonds. The number of hydrogen-bond acceptors (Lipinski definition) is 3. The molecule has 7 heteroatoms. The van der Waals surface area contributed by atoms with Gasteiger partial charge >= 0.3 is 0 Å². The van der Waals surface area contributed by atoms with Crippen LogP contribution in [0.25, 0.3) is 29.1 Å². The Morgan fingerprint density at radius 1 is 0.949 bits per heavy atom. The Labute approximate surface area is 226 Å². The molecule has 1 atom stereocenters. The van der Waals surface area contributed by atoms with E-state index >= 15 is 0 Å². The van der Waals surface area contributed by atoms with Crippen LogP contribution in [0.1, 0.15) is 46.7 Å². The molecule has 2 saturated heterocycles. The molecule has 5 nitrogen and oxygen atoms in total. The second-order valence-electron chi connectivity index (χ2n) is 10.4. The largest absolute Gasteiger partial charge is 0.351 e. The molecule has 3 heterocycles. The first-order valence-electron chi connectivity index (χ1n) is 13.3. The maximum atomic E-state index is 13.4. The average Bonchev–Trinajstić information content (AvgIpc) is 3.52. The summed E-state index contributed by atoms with van der Waals surface area (Å²) in [6.45, 7) is 2.16. The summed E-state index contributed by atoms with van der Waals surface area (Å²) in [6, 6.07) is 24.3. The van der Waals surface area contributed by atoms with E-state index in [0.29, 0.717) is 26.2 Å². The molecule has 2 fully saturated rings. The molecule has 3 aromatic carbocycles. The summed E-state index contributed by atoms with van der Waals surface area (Å²) >= 11 is 0. The van der Waals surface area contributed by atoms with E-state index in [1.807, 2.05) is 66.8 Å². The minimum Gasteiger partial charge on any atom is -0.351 e. The maximum Gasteiger partial charge on any atom is 0.250 e. The average molecular weight is 525 g/mol. The number of aromatic amines is 1. The molecule has 6 rings (SSSR count). The summed E-state index contributed by atoms with van der Waals surface area (Å²) in [7, 11) is 0. The fourth-order valence-electron chi connectivity index (χ4n) is 5.37. The number of aromatic nitrogens is 2. The van der Waals surface area contributed by atoms with Gasteiger partial charge in [0.05, 0.1) is 11.2 Å². The van der Waals surface area contributed by atoms with Crippen molar-refractivity contribution in [3.63, 3.8) is 0 Å². The summed E-state index contributed by atoms with van der Waals surface area (Å²) in [5, 5.41) is 11.6. The van der Waals surface area contributed by atoms with Crippen LogP contribution >= 0.6 is 0 Å². The van der Waals surface area contributed by atoms with Crippen LogP contribution in [-0.4, -0.2) is 46.6 Å². The maximum absolute atomic E-state index is 13.4. The van der Waals surface area contributed by atoms with Crippen molar-refractivity contribution in [2.24, 2.45) is 0 Å². The third-order valence-electron chi connectivity index (χ3n) is 7.65. The molecule has 0 spiro atoms. The van der Waals surface area contributed by atoms with Gasteiger partial charge in [-0.15, -0.1) is 0 Å². The monoisotopic (exact) mass is 524 g/mol. The molecule has 198 valence electrons. The van der Waals surface area contributed by atoms with Crippen LogP contribution in [-0.2, 0) is 11.3 Å². The number of carbonyl (C=O) groups is 1. The van der Waals surface area contributed by atoms with Crippen molar-refractivity contribution in [3.05, 3.63) is 106 Å². The van der Waals surface area contributed by atoms with Gasteiger partial charge in [0.1, 0.15) is 0 Å². The van der Waals surface area contributed by atoms with Gasteiger partial charge in [0.25, 0.3) is 5.92 Å². The third kappa shape index (κ3) is 5.68. The molecule has 2 N–H and O–H groups in total. The van der Waals surface area contributed by atoms with Crippen molar-refractivity contribution in [2.45, 2.75) is 31.2 Å². The van der Waals surface area contributed by atoms with Crippen molar-refractivity contribution in [1.82, 2.24) is 20.4 Å². The zero-order valence-electron chi connectivity index (χ0n) is 21.5. The first-order chi connectivity index (χ1) is 18.9. The van der Waals surface area contributed by atoms with Gasteiger partial charge in [-0.3, -0.25) is 14.8 Å². The van der Waals surface area contributed by atoms with E-state index in [0.717, 1.165) is 44.4 Å². The number of hydrogen-bond donors (Lipinski definition) is 2. The Kier molecular flexibility index (Phi) is 6.83. The molecule has 1 aromatic heterocycles. The lowest BCUT2D eigenvalue weighted by Crippen LogP contribution is -2.38. The van der Waals surface area contributed by atoms with Crippen molar-refractivity contribution < 1.29 is 13.6 Å². The normalized spacial score (nSPS) is 20.7. The fourth-order valence-corrected chi connectivity index (χ4v) is 5.37. The van der Waals surface area contributed by atoms with Gasteiger partial charge in [-0.2, -0.15) is 5.10 Å². The lowest BCUT2D eigenvalue weighted by Gasteiger charge is -2.31. The molecule has 2 aliphatic rings. The molecule has 39 heavy (non-hydrogen) atoms. The predicted octanol–water partition coefficient (Wildman–Crippen LogP) is 6.26. The van der Waals surface area contributed by atoms with Crippen LogP contribution in [0.5, 0.6) is 0 Å². The van der Waals surface area contributed by atoms with Gasteiger partial charge < -0.3 is 5.32 Å². The second-order valence-corrected chi connectivity index (χ2v) is 10.4. The third-order valence-corrected chi connectivity index (χ3v) is 7.65. The summed E-state index contributed by atoms with van der Waals surface area (Å²) in [5.41, 5.74) is 6.74. The van der Waals surface area contributed by atoms with E-state index in [1.165, 1.54) is 0 Å². The Bertz CT molecular complexity index is 1530. The number of carbonyl (C=O) groups excluding carboxylic acids is 1. The number of likely N-dealkylation sites (tertiary alicyclic amines) is 1. The zero-order chi connectivity index (χ0) is 26.8. The molecule has 0 radical (unpaired) electrons. The number of rotatable bonds is 6. The standard InChI is InChI=1S/C32H30F2N4O/c33-32(34)14-16-38(17-15-32)21-23-8-6-22(7-9-23)11-13-29-26-12-10-24(19-30(26)37-36-29)18-27-28(20-35-31(27)39)25-4-2-1-3-5-25/h1-13,18-19,28H,14-17,20-21H2,(H,35,39)(H,36,37)/b13-11+,27-18?. The van der Waals surface area contributed by atoms with Gasteiger partial charge in [0.15, 0.2) is 0 Å². The van der Waals surface area contributed by atoms with Crippen LogP contribution in [0.3, 0.4) is 0 Å². The molecule has 2 aliphatic heterocycles. The van der Waals surface area contributed by atoms with Gasteiger partial charge in [0, 0.05) is 55.9 Å². The lowest BCUT2D eigenvalue weighted by molar-refractivity contribution is -0.116. The number of benzene rings is 3. The Balaban J connectivity index is 1.14. The summed E-state index contributed by atoms with van der Waals surface area (Å²) in [4.78, 5) is 14.6. The summed E-state index contributed by atoms with van der Waals surface area (Å²) in [5.74, 6) is -2.51. The van der Waals surface area contributed by atoms with Gasteiger partial charge in [-0.05, 0) is 46.5 Å². The molecule has 4 aromatic rings. The number of fused-ring (bicyclic) bond motifs is 1. The van der Waals surface area contributed by atoms with Crippen molar-refractivity contribution in [1.29, 1.82) is 0 Å². The van der Waals surface area contributed by atoms with Crippen molar-refractivity contribution >= 4 is 35.0 Å². The molecular formula is C32H30F2N4O. The van der Waals surface area contributed by atoms with Crippen molar-refractivity contribution in [3.8, 4) is 0 Å². The quantitative estimate of drug-likeness (QED) is 0.293. The first-order valence-corrected chi connectivity index (χ1v) is 13.3. The highest BCUT2D eigenvalue weighted by atomic mass is 19.3. The molecule has 0 saturated carbocycles.